The molecule has 1 aliphatic heterocycles. The van der Waals surface area contributed by atoms with Crippen LogP contribution in [0.3, 0.4) is 0 Å². The highest BCUT2D eigenvalue weighted by molar-refractivity contribution is 5.99. The van der Waals surface area contributed by atoms with Gasteiger partial charge in [0, 0.05) is 38.1 Å². The van der Waals surface area contributed by atoms with Gasteiger partial charge in [-0.25, -0.2) is 0 Å². The van der Waals surface area contributed by atoms with E-state index in [1.54, 1.807) is 9.47 Å². The lowest BCUT2D eigenvalue weighted by atomic mass is 10.1. The Morgan fingerprint density at radius 2 is 1.71 bits per heavy atom. The van der Waals surface area contributed by atoms with Crippen LogP contribution >= 0.6 is 0 Å². The summed E-state index contributed by atoms with van der Waals surface area (Å²) in [5, 5.41) is 2.53. The van der Waals surface area contributed by atoms with Crippen LogP contribution in [0.4, 0.5) is 13.2 Å². The van der Waals surface area contributed by atoms with Gasteiger partial charge in [0.25, 0.3) is 11.8 Å². The first-order valence-electron chi connectivity index (χ1n) is 11.6. The van der Waals surface area contributed by atoms with Gasteiger partial charge < -0.3 is 14.8 Å². The number of aromatic nitrogens is 1. The number of likely N-dealkylation sites (tertiary alicyclic amines) is 1. The van der Waals surface area contributed by atoms with Gasteiger partial charge in [0.15, 0.2) is 0 Å². The molecule has 1 fully saturated rings. The topological polar surface area (TPSA) is 71.4 Å². The van der Waals surface area contributed by atoms with Gasteiger partial charge in [-0.3, -0.25) is 14.4 Å². The predicted octanol–water partition coefficient (Wildman–Crippen LogP) is 4.78. The maximum atomic E-state index is 13.2. The highest BCUT2D eigenvalue weighted by atomic mass is 19.4. The van der Waals surface area contributed by atoms with Crippen molar-refractivity contribution in [1.82, 2.24) is 14.8 Å². The first-order chi connectivity index (χ1) is 16.1. The van der Waals surface area contributed by atoms with Crippen LogP contribution in [0, 0.1) is 0 Å². The molecule has 2 amide bonds. The van der Waals surface area contributed by atoms with Gasteiger partial charge >= 0.3 is 6.18 Å². The molecule has 184 valence electrons. The Morgan fingerprint density at radius 1 is 1.06 bits per heavy atom. The number of rotatable bonds is 6. The van der Waals surface area contributed by atoms with E-state index >= 15 is 0 Å². The van der Waals surface area contributed by atoms with E-state index in [0.717, 1.165) is 37.8 Å². The number of pyridine rings is 1. The Bertz CT molecular complexity index is 1090. The van der Waals surface area contributed by atoms with E-state index in [9.17, 15) is 27.6 Å². The van der Waals surface area contributed by atoms with Crippen molar-refractivity contribution in [3.63, 3.8) is 0 Å². The summed E-state index contributed by atoms with van der Waals surface area (Å²) in [5.74, 6) is -1.12. The molecule has 1 aromatic heterocycles. The summed E-state index contributed by atoms with van der Waals surface area (Å²) >= 11 is 0. The summed E-state index contributed by atoms with van der Waals surface area (Å²) < 4.78 is 40.6. The maximum Gasteiger partial charge on any atom is 0.416 e. The lowest BCUT2D eigenvalue weighted by Crippen LogP contribution is -2.38. The lowest BCUT2D eigenvalue weighted by molar-refractivity contribution is -0.137. The van der Waals surface area contributed by atoms with Crippen LogP contribution in [0.25, 0.3) is 0 Å². The minimum absolute atomic E-state index is 0.0612. The number of nitrogens with zero attached hydrogens (tertiary/aromatic N) is 2. The Kier molecular flexibility index (Phi) is 8.17. The zero-order valence-electron chi connectivity index (χ0n) is 19.5. The Labute approximate surface area is 196 Å². The molecule has 34 heavy (non-hydrogen) atoms. The number of amides is 2. The standard InChI is InChI=1S/C25H30F3N3O3/c1-3-17(2)31-15-20(22(32)21(16-31)24(34)30-11-6-4-5-7-12-30)23(33)29-14-18-9-8-10-19(13-18)25(26,27)28/h8-10,13,15-17H,3-7,11-12,14H2,1-2H3,(H,29,33)/t17-/m0/s1. The van der Waals surface area contributed by atoms with Gasteiger partial charge in [-0.05, 0) is 43.9 Å². The van der Waals surface area contributed by atoms with Crippen LogP contribution in [-0.2, 0) is 12.7 Å². The molecule has 0 bridgehead atoms. The van der Waals surface area contributed by atoms with Crippen LogP contribution in [0.2, 0.25) is 0 Å². The molecule has 1 aliphatic rings. The number of hydrogen-bond donors (Lipinski definition) is 1. The second kappa shape index (κ2) is 10.9. The van der Waals surface area contributed by atoms with E-state index in [0.29, 0.717) is 19.5 Å². The zero-order chi connectivity index (χ0) is 24.9. The number of carbonyl (C=O) groups is 2. The monoisotopic (exact) mass is 477 g/mol. The van der Waals surface area contributed by atoms with Crippen LogP contribution in [-0.4, -0.2) is 34.4 Å². The lowest BCUT2D eigenvalue weighted by Gasteiger charge is -2.22. The fraction of sp³-hybridized carbons (Fsp3) is 0.480. The van der Waals surface area contributed by atoms with Crippen molar-refractivity contribution < 1.29 is 22.8 Å². The number of nitrogens with one attached hydrogen (secondary N) is 1. The third kappa shape index (κ3) is 6.07. The molecular formula is C25H30F3N3O3. The molecule has 1 saturated heterocycles. The van der Waals surface area contributed by atoms with Crippen molar-refractivity contribution in [2.45, 2.75) is 64.7 Å². The summed E-state index contributed by atoms with van der Waals surface area (Å²) in [4.78, 5) is 40.9. The fourth-order valence-electron chi connectivity index (χ4n) is 3.96. The van der Waals surface area contributed by atoms with Gasteiger partial charge in [0.1, 0.15) is 11.1 Å². The number of hydrogen-bond acceptors (Lipinski definition) is 3. The molecule has 2 heterocycles. The molecule has 2 aromatic rings. The van der Waals surface area contributed by atoms with Crippen LogP contribution < -0.4 is 10.7 Å². The molecule has 6 nitrogen and oxygen atoms in total. The summed E-state index contributed by atoms with van der Waals surface area (Å²) in [6.45, 7) is 4.80. The van der Waals surface area contributed by atoms with E-state index < -0.39 is 29.0 Å². The van der Waals surface area contributed by atoms with Crippen molar-refractivity contribution in [3.8, 4) is 0 Å². The predicted molar refractivity (Wildman–Crippen MR) is 123 cm³/mol. The summed E-state index contributed by atoms with van der Waals surface area (Å²) in [5.41, 5.74) is -1.50. The van der Waals surface area contributed by atoms with E-state index in [4.69, 9.17) is 0 Å². The van der Waals surface area contributed by atoms with Gasteiger partial charge in [-0.2, -0.15) is 13.2 Å². The minimum Gasteiger partial charge on any atom is -0.350 e. The smallest absolute Gasteiger partial charge is 0.350 e. The molecular weight excluding hydrogens is 447 g/mol. The Morgan fingerprint density at radius 3 is 2.32 bits per heavy atom. The maximum absolute atomic E-state index is 13.2. The average Bonchev–Trinajstić information content (AvgIpc) is 3.11. The van der Waals surface area contributed by atoms with Crippen molar-refractivity contribution in [2.24, 2.45) is 0 Å². The van der Waals surface area contributed by atoms with Crippen LogP contribution in [0.15, 0.2) is 41.5 Å². The van der Waals surface area contributed by atoms with Crippen molar-refractivity contribution in [3.05, 3.63) is 69.1 Å². The van der Waals surface area contributed by atoms with Crippen LogP contribution in [0.5, 0.6) is 0 Å². The average molecular weight is 478 g/mol. The van der Waals surface area contributed by atoms with Gasteiger partial charge in [-0.1, -0.05) is 31.9 Å². The summed E-state index contributed by atoms with van der Waals surface area (Å²) in [6, 6.07) is 4.57. The number of carbonyl (C=O) groups excluding carboxylic acids is 2. The molecule has 1 atom stereocenters. The number of alkyl halides is 3. The highest BCUT2D eigenvalue weighted by Crippen LogP contribution is 2.29. The highest BCUT2D eigenvalue weighted by Gasteiger charge is 2.30. The largest absolute Gasteiger partial charge is 0.416 e. The minimum atomic E-state index is -4.49. The van der Waals surface area contributed by atoms with Crippen molar-refractivity contribution in [1.29, 1.82) is 0 Å². The first kappa shape index (κ1) is 25.5. The quantitative estimate of drug-likeness (QED) is 0.651. The molecule has 9 heteroatoms. The van der Waals surface area contributed by atoms with E-state index in [1.165, 1.54) is 24.5 Å². The van der Waals surface area contributed by atoms with E-state index in [2.05, 4.69) is 5.32 Å². The molecule has 0 radical (unpaired) electrons. The normalized spacial score (nSPS) is 15.5. The third-order valence-corrected chi connectivity index (χ3v) is 6.22. The van der Waals surface area contributed by atoms with E-state index in [1.807, 2.05) is 13.8 Å². The summed E-state index contributed by atoms with van der Waals surface area (Å²) in [7, 11) is 0. The number of halogens is 3. The van der Waals surface area contributed by atoms with Crippen molar-refractivity contribution >= 4 is 11.8 Å². The van der Waals surface area contributed by atoms with E-state index in [-0.39, 0.29) is 29.3 Å². The molecule has 1 N–H and O–H groups in total. The molecule has 0 spiro atoms. The second-order valence-electron chi connectivity index (χ2n) is 8.71. The molecule has 0 unspecified atom stereocenters. The third-order valence-electron chi connectivity index (χ3n) is 6.22. The molecule has 1 aromatic carbocycles. The molecule has 0 saturated carbocycles. The fourth-order valence-corrected chi connectivity index (χ4v) is 3.96. The Balaban J connectivity index is 1.89. The van der Waals surface area contributed by atoms with Gasteiger partial charge in [-0.15, -0.1) is 0 Å². The number of benzene rings is 1. The Hall–Kier alpha value is -3.10. The van der Waals surface area contributed by atoms with Gasteiger partial charge in [0.2, 0.25) is 5.43 Å². The first-order valence-corrected chi connectivity index (χ1v) is 11.6. The molecule has 0 aliphatic carbocycles. The summed E-state index contributed by atoms with van der Waals surface area (Å²) in [6.07, 6.45) is 2.92. The SMILES string of the molecule is CC[C@H](C)n1cc(C(=O)NCc2cccc(C(F)(F)F)c2)c(=O)c(C(=O)N2CCCCCC2)c1. The zero-order valence-corrected chi connectivity index (χ0v) is 19.5. The van der Waals surface area contributed by atoms with Crippen LogP contribution in [0.1, 0.15) is 83.8 Å². The molecule has 3 rings (SSSR count). The second-order valence-corrected chi connectivity index (χ2v) is 8.71. The van der Waals surface area contributed by atoms with Crippen molar-refractivity contribution in [2.75, 3.05) is 13.1 Å². The van der Waals surface area contributed by atoms with Gasteiger partial charge in [0.05, 0.1) is 5.56 Å².